The van der Waals surface area contributed by atoms with Gasteiger partial charge in [0.1, 0.15) is 0 Å². The fourth-order valence-electron chi connectivity index (χ4n) is 8.56. The van der Waals surface area contributed by atoms with Gasteiger partial charge in [-0.2, -0.15) is 48.3 Å². The predicted molar refractivity (Wildman–Crippen MR) is 237 cm³/mol. The molecule has 0 spiro atoms. The Morgan fingerprint density at radius 1 is 0.543 bits per heavy atom. The van der Waals surface area contributed by atoms with Gasteiger partial charge in [0.2, 0.25) is 5.69 Å². The number of rotatable bonds is 36. The van der Waals surface area contributed by atoms with Crippen LogP contribution in [-0.2, 0) is 23.1 Å². The fourth-order valence-corrected chi connectivity index (χ4v) is 9.22. The van der Waals surface area contributed by atoms with Crippen molar-refractivity contribution in [2.75, 3.05) is 0 Å². The smallest absolute Gasteiger partial charge is 0.233 e. The Morgan fingerprint density at radius 2 is 0.871 bits per heavy atom. The number of halogens is 16. The highest BCUT2D eigenvalue weighted by Crippen LogP contribution is 2.69. The maximum Gasteiger partial charge on any atom is 0.511 e. The Bertz CT molecular complexity index is 1670. The highest BCUT2D eigenvalue weighted by molar-refractivity contribution is 7.79. The summed E-state index contributed by atoms with van der Waals surface area (Å²) in [5, 5.41) is 0. The molecule has 1 unspecified atom stereocenters. The summed E-state index contributed by atoms with van der Waals surface area (Å²) in [6.45, 7) is 4.48. The molecule has 2 rings (SSSR count). The van der Waals surface area contributed by atoms with E-state index in [4.69, 9.17) is 0 Å². The van der Waals surface area contributed by atoms with Crippen molar-refractivity contribution in [1.82, 2.24) is 0 Å². The van der Waals surface area contributed by atoms with Gasteiger partial charge in [0, 0.05) is 40.1 Å². The summed E-state index contributed by atoms with van der Waals surface area (Å²) < 4.78 is 242. The van der Waals surface area contributed by atoms with Crippen molar-refractivity contribution in [3.05, 3.63) is 29.3 Å². The van der Waals surface area contributed by atoms with Gasteiger partial charge in [0.15, 0.2) is 12.0 Å². The number of quaternary nitrogens is 1. The van der Waals surface area contributed by atoms with Crippen LogP contribution < -0.4 is 3.97 Å². The average Bonchev–Trinajstić information content (AvgIpc) is 3.27. The third-order valence-corrected chi connectivity index (χ3v) is 13.8. The summed E-state index contributed by atoms with van der Waals surface area (Å²) in [5.74, 6) is -22.6. The number of pyridine rings is 1. The van der Waals surface area contributed by atoms with E-state index in [0.717, 1.165) is 36.1 Å². The molecule has 414 valence electrons. The van der Waals surface area contributed by atoms with E-state index < -0.39 is 82.4 Å². The Kier molecular flexibility index (Phi) is 29.1. The molecule has 0 bridgehead atoms. The topological polar surface area (TPSA) is 58.2 Å². The van der Waals surface area contributed by atoms with Gasteiger partial charge in [-0.1, -0.05) is 185 Å². The summed E-state index contributed by atoms with van der Waals surface area (Å²) in [6.07, 6.45) is 18.4. The second-order valence-electron chi connectivity index (χ2n) is 18.8. The molecular weight excluding hydrogens is 989 g/mol. The Hall–Kier alpha value is -2.10. The number of hydrogen-bond donors (Lipinski definition) is 1. The highest BCUT2D eigenvalue weighted by Gasteiger charge is 3.06. The monoisotopic (exact) mass is 1070 g/mol. The Balaban J connectivity index is 0.000000710. The molecular formula is C48H78F16N2O3S+2. The second kappa shape index (κ2) is 30.9. The minimum atomic E-state index is -7.40. The maximum absolute atomic E-state index is 15.3. The molecule has 1 aromatic rings. The summed E-state index contributed by atoms with van der Waals surface area (Å²) in [6, 6.07) is -13.0. The molecule has 5 nitrogen and oxygen atoms in total. The zero-order valence-electron chi connectivity index (χ0n) is 40.9. The van der Waals surface area contributed by atoms with E-state index in [1.165, 1.54) is 128 Å². The van der Waals surface area contributed by atoms with Gasteiger partial charge in [0.05, 0.1) is 0 Å². The van der Waals surface area contributed by atoms with E-state index >= 15 is 4.39 Å². The minimum absolute atomic E-state index is 0.0577. The molecule has 0 radical (unpaired) electrons. The molecule has 0 aliphatic carbocycles. The first-order chi connectivity index (χ1) is 32.5. The SMILES string of the molecule is CCCCCCCCCCCCCCCCc1cc[n+](S(=O)(=O)O)c(CCCCCCCCCCC)c1F.FC(CCCCCCCCCC(F)(F)F)[N+]1(F)C(F)(F)C(F)(F)C(F)(F)C(F)(F)C1(F)F. The van der Waals surface area contributed by atoms with Crippen LogP contribution in [-0.4, -0.2) is 60.0 Å². The second-order valence-corrected chi connectivity index (χ2v) is 20.1. The van der Waals surface area contributed by atoms with E-state index in [9.17, 15) is 78.9 Å². The summed E-state index contributed by atoms with van der Waals surface area (Å²) >= 11 is 0. The van der Waals surface area contributed by atoms with Crippen molar-refractivity contribution in [1.29, 1.82) is 0 Å². The van der Waals surface area contributed by atoms with Crippen LogP contribution in [0, 0.1) is 5.82 Å². The van der Waals surface area contributed by atoms with Crippen LogP contribution >= 0.6 is 0 Å². The number of alkyl halides is 14. The lowest BCUT2D eigenvalue weighted by atomic mass is 9.92. The lowest BCUT2D eigenvalue weighted by Gasteiger charge is -2.50. The van der Waals surface area contributed by atoms with Crippen LogP contribution in [0.5, 0.6) is 0 Å². The van der Waals surface area contributed by atoms with Gasteiger partial charge in [-0.05, 0) is 32.1 Å². The van der Waals surface area contributed by atoms with Gasteiger partial charge in [-0.15, -0.1) is 26.0 Å². The first-order valence-corrected chi connectivity index (χ1v) is 26.8. The largest absolute Gasteiger partial charge is 0.511 e. The quantitative estimate of drug-likeness (QED) is 0.0182. The summed E-state index contributed by atoms with van der Waals surface area (Å²) in [4.78, 5) is 0. The predicted octanol–water partition coefficient (Wildman–Crippen LogP) is 18.0. The molecule has 1 aliphatic heterocycles. The molecule has 1 N–H and O–H groups in total. The van der Waals surface area contributed by atoms with Crippen molar-refractivity contribution in [2.24, 2.45) is 0 Å². The highest BCUT2D eigenvalue weighted by atomic mass is 32.2. The van der Waals surface area contributed by atoms with Gasteiger partial charge < -0.3 is 0 Å². The molecule has 1 aliphatic rings. The molecule has 1 atom stereocenters. The molecule has 0 saturated carbocycles. The van der Waals surface area contributed by atoms with Crippen LogP contribution in [0.4, 0.5) is 70.3 Å². The van der Waals surface area contributed by atoms with Crippen LogP contribution in [0.15, 0.2) is 12.3 Å². The number of hydrogen-bond acceptors (Lipinski definition) is 2. The number of unbranched alkanes of at least 4 members (excludes halogenated alkanes) is 27. The van der Waals surface area contributed by atoms with Crippen LogP contribution in [0.1, 0.15) is 231 Å². The van der Waals surface area contributed by atoms with Crippen molar-refractivity contribution in [3.63, 3.8) is 0 Å². The van der Waals surface area contributed by atoms with Crippen molar-refractivity contribution in [3.8, 4) is 0 Å². The molecule has 70 heavy (non-hydrogen) atoms. The summed E-state index contributed by atoms with van der Waals surface area (Å²) in [5.41, 5.74) is 0.660. The standard InChI is InChI=1S/C32H58FNO3S.C16H19F15N/c1-3-5-7-9-11-13-14-15-16-17-19-20-22-24-26-30-28-29-34(38(35,36)37)31(32(30)33)27-25-23-21-18-12-10-8-6-4-2;17-10(8-6-4-2-1-3-5-7-9-11(18,19)20)32(31)15(27,28)13(23,24)12(21,22)14(25,26)16(32,29)30/h28-29H,3-27H2,1-2H3;10H,1-9H2/q;+1/p+1. The van der Waals surface area contributed by atoms with E-state index in [1.54, 1.807) is 0 Å². The fraction of sp³-hybridized carbons (Fsp3) is 0.896. The lowest BCUT2D eigenvalue weighted by Crippen LogP contribution is -2.88. The number of likely N-dealkylation sites (tertiary alicyclic amines) is 1. The maximum atomic E-state index is 15.3. The third kappa shape index (κ3) is 19.0. The zero-order valence-corrected chi connectivity index (χ0v) is 41.7. The van der Waals surface area contributed by atoms with Crippen molar-refractivity contribution >= 4 is 10.3 Å². The molecule has 0 amide bonds. The van der Waals surface area contributed by atoms with E-state index in [1.807, 2.05) is 0 Å². The first-order valence-electron chi connectivity index (χ1n) is 25.4. The number of aromatic nitrogens is 1. The van der Waals surface area contributed by atoms with Gasteiger partial charge in [-0.3, -0.25) is 0 Å². The normalized spacial score (nSPS) is 18.3. The molecule has 1 fully saturated rings. The Labute approximate surface area is 405 Å². The molecule has 22 heteroatoms. The first kappa shape index (κ1) is 65.9. The van der Waals surface area contributed by atoms with Crippen LogP contribution in [0.25, 0.3) is 0 Å². The molecule has 2 heterocycles. The number of aryl methyl sites for hydroxylation is 1. The molecule has 1 saturated heterocycles. The zero-order chi connectivity index (χ0) is 53.3. The van der Waals surface area contributed by atoms with Crippen molar-refractivity contribution in [2.45, 2.75) is 274 Å². The molecule has 1 aromatic heterocycles. The third-order valence-electron chi connectivity index (χ3n) is 12.9. The number of piperidine rings is 1. The van der Waals surface area contributed by atoms with Crippen molar-refractivity contribution < 1.29 is 92.0 Å². The van der Waals surface area contributed by atoms with E-state index in [-0.39, 0.29) is 44.2 Å². The van der Waals surface area contributed by atoms with Crippen LogP contribution in [0.3, 0.4) is 0 Å². The Morgan fingerprint density at radius 3 is 1.23 bits per heavy atom. The van der Waals surface area contributed by atoms with E-state index in [0.29, 0.717) is 18.4 Å². The van der Waals surface area contributed by atoms with Crippen LogP contribution in [0.2, 0.25) is 0 Å². The summed E-state index contributed by atoms with van der Waals surface area (Å²) in [7, 11) is -4.51. The average molecular weight is 1070 g/mol. The lowest BCUT2D eigenvalue weighted by molar-refractivity contribution is -1.22. The number of nitrogens with zero attached hydrogens (tertiary/aromatic N) is 2. The van der Waals surface area contributed by atoms with Gasteiger partial charge in [0.25, 0.3) is 6.30 Å². The minimum Gasteiger partial charge on any atom is -0.233 e. The van der Waals surface area contributed by atoms with Gasteiger partial charge in [-0.25, -0.2) is 4.55 Å². The van der Waals surface area contributed by atoms with E-state index in [2.05, 4.69) is 13.8 Å². The molecule has 0 aromatic carbocycles. The van der Waals surface area contributed by atoms with Gasteiger partial charge >= 0.3 is 46.3 Å².